The number of nitrogens with one attached hydrogen (secondary N) is 1. The van der Waals surface area contributed by atoms with Crippen molar-refractivity contribution in [2.24, 2.45) is 5.92 Å². The van der Waals surface area contributed by atoms with Gasteiger partial charge >= 0.3 is 0 Å². The average molecular weight is 394 g/mol. The van der Waals surface area contributed by atoms with Crippen LogP contribution in [0.1, 0.15) is 72.0 Å². The zero-order chi connectivity index (χ0) is 19.8. The Morgan fingerprint density at radius 2 is 2.00 bits per heavy atom. The zero-order valence-electron chi connectivity index (χ0n) is 17.3. The number of carbonyl (C=O) groups is 1. The van der Waals surface area contributed by atoms with Crippen LogP contribution in [0.5, 0.6) is 0 Å². The molecule has 6 nitrogen and oxygen atoms in total. The third-order valence-electron chi connectivity index (χ3n) is 6.98. The molecule has 0 bridgehead atoms. The molecule has 1 aliphatic carbocycles. The van der Waals surface area contributed by atoms with Gasteiger partial charge in [0.15, 0.2) is 0 Å². The number of carbonyl (C=O) groups excluding carboxylic acids is 1. The Hall–Kier alpha value is -2.21. The largest absolute Gasteiger partial charge is 0.347 e. The van der Waals surface area contributed by atoms with Gasteiger partial charge in [0.25, 0.3) is 5.91 Å². The van der Waals surface area contributed by atoms with E-state index in [-0.39, 0.29) is 5.91 Å². The lowest BCUT2D eigenvalue weighted by Crippen LogP contribution is -2.38. The molecule has 0 radical (unpaired) electrons. The molecule has 2 fully saturated rings. The number of likely N-dealkylation sites (tertiary alicyclic amines) is 1. The van der Waals surface area contributed by atoms with Crippen LogP contribution in [0.3, 0.4) is 0 Å². The van der Waals surface area contributed by atoms with Crippen LogP contribution in [0, 0.1) is 12.8 Å². The van der Waals surface area contributed by atoms with Crippen LogP contribution < -0.4 is 5.32 Å². The molecule has 0 unspecified atom stereocenters. The molecule has 3 aliphatic rings. The van der Waals surface area contributed by atoms with Gasteiger partial charge in [-0.3, -0.25) is 9.69 Å². The molecule has 2 atom stereocenters. The van der Waals surface area contributed by atoms with Crippen molar-refractivity contribution >= 4 is 5.91 Å². The van der Waals surface area contributed by atoms with Gasteiger partial charge in [0.1, 0.15) is 5.82 Å². The number of amides is 1. The number of rotatable bonds is 4. The van der Waals surface area contributed by atoms with Gasteiger partial charge in [-0.25, -0.2) is 0 Å². The first-order chi connectivity index (χ1) is 14.2. The second kappa shape index (κ2) is 7.90. The molecular weight excluding hydrogens is 362 g/mol. The number of aryl methyl sites for hydroxylation is 1. The van der Waals surface area contributed by atoms with Crippen LogP contribution in [0.15, 0.2) is 24.3 Å². The number of hydrogen-bond acceptors (Lipinski definition) is 4. The summed E-state index contributed by atoms with van der Waals surface area (Å²) in [7, 11) is 0. The monoisotopic (exact) mass is 393 g/mol. The van der Waals surface area contributed by atoms with Gasteiger partial charge in [-0.05, 0) is 37.7 Å². The normalized spacial score (nSPS) is 24.9. The highest BCUT2D eigenvalue weighted by Crippen LogP contribution is 2.38. The summed E-state index contributed by atoms with van der Waals surface area (Å²) < 4.78 is 2.09. The van der Waals surface area contributed by atoms with Crippen LogP contribution in [0.2, 0.25) is 0 Å². The van der Waals surface area contributed by atoms with E-state index < -0.39 is 0 Å². The Morgan fingerprint density at radius 1 is 1.14 bits per heavy atom. The van der Waals surface area contributed by atoms with E-state index in [0.717, 1.165) is 51.3 Å². The topological polar surface area (TPSA) is 63.1 Å². The third-order valence-corrected chi connectivity index (χ3v) is 6.98. The third kappa shape index (κ3) is 3.82. The van der Waals surface area contributed by atoms with Crippen molar-refractivity contribution in [1.29, 1.82) is 0 Å². The van der Waals surface area contributed by atoms with E-state index in [1.54, 1.807) is 0 Å². The van der Waals surface area contributed by atoms with Gasteiger partial charge in [0.2, 0.25) is 5.82 Å². The Balaban J connectivity index is 1.28. The molecule has 1 saturated heterocycles. The molecule has 1 aromatic heterocycles. The fourth-order valence-corrected chi connectivity index (χ4v) is 5.51. The maximum absolute atomic E-state index is 12.8. The smallest absolute Gasteiger partial charge is 0.289 e. The van der Waals surface area contributed by atoms with E-state index in [4.69, 9.17) is 0 Å². The van der Waals surface area contributed by atoms with Crippen LogP contribution in [0.25, 0.3) is 0 Å². The van der Waals surface area contributed by atoms with E-state index in [1.165, 1.54) is 30.4 Å². The lowest BCUT2D eigenvalue weighted by molar-refractivity contribution is 0.0910. The Labute approximate surface area is 172 Å². The summed E-state index contributed by atoms with van der Waals surface area (Å²) in [5.74, 6) is 2.50. The van der Waals surface area contributed by atoms with Crippen LogP contribution in [0.4, 0.5) is 0 Å². The molecule has 1 amide bonds. The Morgan fingerprint density at radius 3 is 2.83 bits per heavy atom. The predicted molar refractivity (Wildman–Crippen MR) is 112 cm³/mol. The van der Waals surface area contributed by atoms with Gasteiger partial charge in [-0.2, -0.15) is 0 Å². The summed E-state index contributed by atoms with van der Waals surface area (Å²) in [5, 5.41) is 12.0. The molecule has 1 saturated carbocycles. The van der Waals surface area contributed by atoms with Gasteiger partial charge in [-0.1, -0.05) is 49.1 Å². The summed E-state index contributed by atoms with van der Waals surface area (Å²) >= 11 is 0. The minimum atomic E-state index is -0.0382. The molecular formula is C23H31N5O. The summed E-state index contributed by atoms with van der Waals surface area (Å²) in [6.07, 6.45) is 6.99. The van der Waals surface area contributed by atoms with Gasteiger partial charge in [0, 0.05) is 38.1 Å². The van der Waals surface area contributed by atoms with Crippen molar-refractivity contribution in [2.75, 3.05) is 13.1 Å². The van der Waals surface area contributed by atoms with Crippen molar-refractivity contribution in [3.8, 4) is 0 Å². The standard InChI is InChI=1S/C23H31N5O/c1-16-6-5-7-17(12-16)13-27-14-18-10-11-28-21(20(18)15-27)25-26-22(28)23(29)24-19-8-3-2-4-9-19/h5-7,12,18-20H,2-4,8-11,13-15H2,1H3,(H,24,29)/t18-,20-/m0/s1. The number of fused-ring (bicyclic) bond motifs is 3. The van der Waals surface area contributed by atoms with Crippen LogP contribution >= 0.6 is 0 Å². The van der Waals surface area contributed by atoms with E-state index in [9.17, 15) is 4.79 Å². The predicted octanol–water partition coefficient (Wildman–Crippen LogP) is 3.27. The zero-order valence-corrected chi connectivity index (χ0v) is 17.3. The molecule has 1 N–H and O–H groups in total. The number of aromatic nitrogens is 3. The quantitative estimate of drug-likeness (QED) is 0.866. The van der Waals surface area contributed by atoms with Crippen molar-refractivity contribution in [3.63, 3.8) is 0 Å². The molecule has 0 spiro atoms. The molecule has 1 aromatic carbocycles. The van der Waals surface area contributed by atoms with Gasteiger partial charge < -0.3 is 9.88 Å². The molecule has 2 aliphatic heterocycles. The van der Waals surface area contributed by atoms with Gasteiger partial charge in [-0.15, -0.1) is 10.2 Å². The van der Waals surface area contributed by atoms with Crippen molar-refractivity contribution in [3.05, 3.63) is 47.0 Å². The fraction of sp³-hybridized carbons (Fsp3) is 0.609. The first-order valence-corrected chi connectivity index (χ1v) is 11.2. The lowest BCUT2D eigenvalue weighted by Gasteiger charge is -2.26. The molecule has 5 rings (SSSR count). The average Bonchev–Trinajstić information content (AvgIpc) is 3.32. The minimum absolute atomic E-state index is 0.0382. The first kappa shape index (κ1) is 18.8. The van der Waals surface area contributed by atoms with E-state index in [0.29, 0.717) is 23.7 Å². The minimum Gasteiger partial charge on any atom is -0.347 e. The fourth-order valence-electron chi connectivity index (χ4n) is 5.51. The second-order valence-corrected chi connectivity index (χ2v) is 9.18. The Kier molecular flexibility index (Phi) is 5.12. The van der Waals surface area contributed by atoms with E-state index in [1.807, 2.05) is 0 Å². The van der Waals surface area contributed by atoms with Gasteiger partial charge in [0.05, 0.1) is 0 Å². The summed E-state index contributed by atoms with van der Waals surface area (Å²) in [6, 6.07) is 9.08. The number of hydrogen-bond donors (Lipinski definition) is 1. The second-order valence-electron chi connectivity index (χ2n) is 9.18. The van der Waals surface area contributed by atoms with Crippen molar-refractivity contribution < 1.29 is 4.79 Å². The number of nitrogens with zero attached hydrogens (tertiary/aromatic N) is 4. The van der Waals surface area contributed by atoms with Crippen LogP contribution in [-0.4, -0.2) is 44.7 Å². The highest BCUT2D eigenvalue weighted by atomic mass is 16.2. The molecule has 154 valence electrons. The summed E-state index contributed by atoms with van der Waals surface area (Å²) in [6.45, 7) is 6.10. The lowest BCUT2D eigenvalue weighted by atomic mass is 9.89. The highest BCUT2D eigenvalue weighted by molar-refractivity contribution is 5.91. The van der Waals surface area contributed by atoms with E-state index in [2.05, 4.69) is 56.2 Å². The molecule has 3 heterocycles. The SMILES string of the molecule is Cc1cccc(CN2C[C@@H]3CCn4c(C(=O)NC5CCCCC5)nnc4[C@H]3C2)c1. The van der Waals surface area contributed by atoms with Crippen molar-refractivity contribution in [1.82, 2.24) is 25.0 Å². The van der Waals surface area contributed by atoms with E-state index >= 15 is 0 Å². The van der Waals surface area contributed by atoms with Crippen molar-refractivity contribution in [2.45, 2.75) is 70.5 Å². The van der Waals surface area contributed by atoms with Crippen LogP contribution in [-0.2, 0) is 13.1 Å². The summed E-state index contributed by atoms with van der Waals surface area (Å²) in [5.41, 5.74) is 2.69. The highest BCUT2D eigenvalue weighted by Gasteiger charge is 2.40. The first-order valence-electron chi connectivity index (χ1n) is 11.2. The molecule has 29 heavy (non-hydrogen) atoms. The maximum Gasteiger partial charge on any atom is 0.289 e. The maximum atomic E-state index is 12.8. The summed E-state index contributed by atoms with van der Waals surface area (Å²) in [4.78, 5) is 15.4. The molecule has 2 aromatic rings. The Bertz CT molecular complexity index is 885. The molecule has 6 heteroatoms. The number of benzene rings is 1.